The summed E-state index contributed by atoms with van der Waals surface area (Å²) < 4.78 is 10.7. The molecular formula is C16H9O4-. The van der Waals surface area contributed by atoms with Gasteiger partial charge < -0.3 is 14.6 Å². The number of ether oxygens (including phenoxy) is 2. The van der Waals surface area contributed by atoms with Crippen molar-refractivity contribution in [1.29, 1.82) is 0 Å². The maximum Gasteiger partial charge on any atom is 0.231 e. The summed E-state index contributed by atoms with van der Waals surface area (Å²) in [6.07, 6.45) is 0. The number of carbonyl (C=O) groups is 1. The topological polar surface area (TPSA) is 58.6 Å². The fourth-order valence-corrected chi connectivity index (χ4v) is 2.62. The highest BCUT2D eigenvalue weighted by Gasteiger charge is 2.29. The minimum absolute atomic E-state index is 0.106. The third-order valence-corrected chi connectivity index (χ3v) is 3.54. The lowest BCUT2D eigenvalue weighted by molar-refractivity contribution is -0.242. The van der Waals surface area contributed by atoms with Crippen molar-refractivity contribution in [1.82, 2.24) is 0 Å². The fourth-order valence-electron chi connectivity index (χ4n) is 2.62. The van der Waals surface area contributed by atoms with E-state index in [-0.39, 0.29) is 23.9 Å². The minimum Gasteiger partial charge on any atom is -0.872 e. The standard InChI is InChI=1S/C16H10O4/c17-14-9-4-1-2-5-10(9)15(18)13(14)11-6-3-7-12-16(11)20-8-19-12/h1-7,17H,8H2/p-1. The summed E-state index contributed by atoms with van der Waals surface area (Å²) in [7, 11) is 0. The summed E-state index contributed by atoms with van der Waals surface area (Å²) in [6.45, 7) is 0.106. The summed E-state index contributed by atoms with van der Waals surface area (Å²) in [4.78, 5) is 12.5. The van der Waals surface area contributed by atoms with Gasteiger partial charge in [-0.1, -0.05) is 42.2 Å². The largest absolute Gasteiger partial charge is 0.872 e. The van der Waals surface area contributed by atoms with Crippen LogP contribution in [0.5, 0.6) is 11.5 Å². The van der Waals surface area contributed by atoms with E-state index in [2.05, 4.69) is 0 Å². The van der Waals surface area contributed by atoms with Crippen molar-refractivity contribution in [3.63, 3.8) is 0 Å². The van der Waals surface area contributed by atoms with Crippen LogP contribution in [0, 0.1) is 0 Å². The number of hydrogen-bond donors (Lipinski definition) is 0. The maximum atomic E-state index is 12.5. The van der Waals surface area contributed by atoms with E-state index in [0.717, 1.165) is 0 Å². The van der Waals surface area contributed by atoms with Crippen molar-refractivity contribution < 1.29 is 19.4 Å². The minimum atomic E-state index is -0.255. The number of ketones is 1. The molecular weight excluding hydrogens is 256 g/mol. The molecule has 2 aromatic carbocycles. The molecule has 4 nitrogen and oxygen atoms in total. The highest BCUT2D eigenvalue weighted by molar-refractivity contribution is 6.39. The average Bonchev–Trinajstić information content (AvgIpc) is 3.04. The number of hydrogen-bond acceptors (Lipinski definition) is 4. The van der Waals surface area contributed by atoms with E-state index in [9.17, 15) is 9.90 Å². The second-order valence-electron chi connectivity index (χ2n) is 4.62. The molecule has 0 unspecified atom stereocenters. The smallest absolute Gasteiger partial charge is 0.231 e. The highest BCUT2D eigenvalue weighted by Crippen LogP contribution is 2.44. The number of carbonyl (C=O) groups excluding carboxylic acids is 1. The molecule has 0 fully saturated rings. The normalized spacial score (nSPS) is 15.7. The summed E-state index contributed by atoms with van der Waals surface area (Å²) in [6, 6.07) is 12.1. The van der Waals surface area contributed by atoms with Crippen LogP contribution in [0.1, 0.15) is 21.5 Å². The second kappa shape index (κ2) is 3.87. The molecule has 0 N–H and O–H groups in total. The van der Waals surface area contributed by atoms with Crippen molar-refractivity contribution in [2.75, 3.05) is 6.79 Å². The molecule has 0 atom stereocenters. The van der Waals surface area contributed by atoms with E-state index in [1.807, 2.05) is 0 Å². The first-order chi connectivity index (χ1) is 9.77. The zero-order valence-corrected chi connectivity index (χ0v) is 10.4. The molecule has 98 valence electrons. The van der Waals surface area contributed by atoms with E-state index >= 15 is 0 Å². The predicted octanol–water partition coefficient (Wildman–Crippen LogP) is 1.84. The Hall–Kier alpha value is -2.75. The van der Waals surface area contributed by atoms with Gasteiger partial charge in [0.25, 0.3) is 0 Å². The summed E-state index contributed by atoms with van der Waals surface area (Å²) in [5.41, 5.74) is 1.56. The van der Waals surface area contributed by atoms with Gasteiger partial charge in [0, 0.05) is 16.7 Å². The maximum absolute atomic E-state index is 12.5. The van der Waals surface area contributed by atoms with Gasteiger partial charge in [0.2, 0.25) is 6.79 Å². The predicted molar refractivity (Wildman–Crippen MR) is 70.2 cm³/mol. The molecule has 2 aromatic rings. The summed E-state index contributed by atoms with van der Waals surface area (Å²) in [5, 5.41) is 12.5. The lowest BCUT2D eigenvalue weighted by Crippen LogP contribution is -2.04. The van der Waals surface area contributed by atoms with Gasteiger partial charge in [-0.05, 0) is 11.6 Å². The first-order valence-electron chi connectivity index (χ1n) is 6.22. The zero-order valence-electron chi connectivity index (χ0n) is 10.4. The third kappa shape index (κ3) is 1.33. The first-order valence-corrected chi connectivity index (χ1v) is 6.22. The van der Waals surface area contributed by atoms with Gasteiger partial charge in [-0.3, -0.25) is 4.79 Å². The Morgan fingerprint density at radius 2 is 1.65 bits per heavy atom. The van der Waals surface area contributed by atoms with Crippen LogP contribution < -0.4 is 14.6 Å². The van der Waals surface area contributed by atoms with Crippen molar-refractivity contribution in [2.24, 2.45) is 0 Å². The van der Waals surface area contributed by atoms with Gasteiger partial charge in [-0.15, -0.1) is 0 Å². The van der Waals surface area contributed by atoms with Crippen LogP contribution in [0.25, 0.3) is 11.3 Å². The molecule has 1 aliphatic heterocycles. The molecule has 0 bridgehead atoms. The molecule has 4 heteroatoms. The van der Waals surface area contributed by atoms with Crippen LogP contribution in [-0.2, 0) is 0 Å². The van der Waals surface area contributed by atoms with Gasteiger partial charge in [-0.25, -0.2) is 0 Å². The van der Waals surface area contributed by atoms with E-state index in [0.29, 0.717) is 28.2 Å². The quantitative estimate of drug-likeness (QED) is 0.789. The average molecular weight is 265 g/mol. The summed E-state index contributed by atoms with van der Waals surface area (Å²) in [5.74, 6) is 0.521. The number of benzene rings is 2. The Bertz CT molecular complexity index is 774. The molecule has 0 saturated carbocycles. The molecule has 20 heavy (non-hydrogen) atoms. The molecule has 1 aliphatic carbocycles. The molecule has 0 spiro atoms. The van der Waals surface area contributed by atoms with E-state index < -0.39 is 0 Å². The monoisotopic (exact) mass is 265 g/mol. The van der Waals surface area contributed by atoms with E-state index in [1.54, 1.807) is 42.5 Å². The van der Waals surface area contributed by atoms with Crippen molar-refractivity contribution in [3.05, 3.63) is 59.2 Å². The lowest BCUT2D eigenvalue weighted by Gasteiger charge is -2.12. The number of fused-ring (bicyclic) bond motifs is 2. The highest BCUT2D eigenvalue weighted by atomic mass is 16.7. The Morgan fingerprint density at radius 3 is 2.45 bits per heavy atom. The van der Waals surface area contributed by atoms with Crippen LogP contribution in [0.3, 0.4) is 0 Å². The van der Waals surface area contributed by atoms with Crippen LogP contribution in [0.2, 0.25) is 0 Å². The van der Waals surface area contributed by atoms with Crippen molar-refractivity contribution >= 4 is 17.1 Å². The van der Waals surface area contributed by atoms with Gasteiger partial charge >= 0.3 is 0 Å². The van der Waals surface area contributed by atoms with Gasteiger partial charge in [0.15, 0.2) is 17.3 Å². The van der Waals surface area contributed by atoms with Crippen LogP contribution in [-0.4, -0.2) is 12.6 Å². The van der Waals surface area contributed by atoms with Crippen molar-refractivity contribution in [2.45, 2.75) is 0 Å². The molecule has 0 saturated heterocycles. The third-order valence-electron chi connectivity index (χ3n) is 3.54. The zero-order chi connectivity index (χ0) is 13.7. The molecule has 0 radical (unpaired) electrons. The van der Waals surface area contributed by atoms with Crippen LogP contribution >= 0.6 is 0 Å². The Balaban J connectivity index is 1.95. The first kappa shape index (κ1) is 11.1. The lowest BCUT2D eigenvalue weighted by atomic mass is 10.0. The Kier molecular flexibility index (Phi) is 2.15. The van der Waals surface area contributed by atoms with Gasteiger partial charge in [0.1, 0.15) is 0 Å². The van der Waals surface area contributed by atoms with Gasteiger partial charge in [-0.2, -0.15) is 0 Å². The summed E-state index contributed by atoms with van der Waals surface area (Å²) >= 11 is 0. The molecule has 2 aliphatic rings. The fraction of sp³-hybridized carbons (Fsp3) is 0.0625. The SMILES string of the molecule is O=C1C(c2cccc3c2OCO3)=C([O-])c2ccccc21. The Labute approximate surface area is 114 Å². The number of allylic oxidation sites excluding steroid dienone is 1. The molecule has 0 amide bonds. The van der Waals surface area contributed by atoms with Gasteiger partial charge in [0.05, 0.1) is 0 Å². The van der Waals surface area contributed by atoms with E-state index in [4.69, 9.17) is 9.47 Å². The molecule has 1 heterocycles. The number of para-hydroxylation sites is 1. The van der Waals surface area contributed by atoms with E-state index in [1.165, 1.54) is 0 Å². The second-order valence-corrected chi connectivity index (χ2v) is 4.62. The molecule has 0 aromatic heterocycles. The van der Waals surface area contributed by atoms with Crippen LogP contribution in [0.15, 0.2) is 42.5 Å². The Morgan fingerprint density at radius 1 is 0.900 bits per heavy atom. The number of Topliss-reactive ketones (excluding diaryl/α,β-unsaturated/α-hetero) is 1. The van der Waals surface area contributed by atoms with Crippen LogP contribution in [0.4, 0.5) is 0 Å². The number of rotatable bonds is 1. The van der Waals surface area contributed by atoms with Crippen molar-refractivity contribution in [3.8, 4) is 11.5 Å². The molecule has 4 rings (SSSR count).